The molecular formula is C16H18N2O3. The second-order valence-corrected chi connectivity index (χ2v) is 4.39. The Labute approximate surface area is 123 Å². The number of ether oxygens (including phenoxy) is 2. The van der Waals surface area contributed by atoms with Gasteiger partial charge in [0.25, 0.3) is 0 Å². The summed E-state index contributed by atoms with van der Waals surface area (Å²) >= 11 is 0. The zero-order chi connectivity index (χ0) is 15.2. The number of benzene rings is 1. The lowest BCUT2D eigenvalue weighted by atomic mass is 10.1. The Morgan fingerprint density at radius 1 is 1.33 bits per heavy atom. The predicted molar refractivity (Wildman–Crippen MR) is 80.8 cm³/mol. The van der Waals surface area contributed by atoms with E-state index >= 15 is 0 Å². The van der Waals surface area contributed by atoms with Gasteiger partial charge in [0.2, 0.25) is 0 Å². The summed E-state index contributed by atoms with van der Waals surface area (Å²) in [5.41, 5.74) is 1.38. The molecule has 0 amide bonds. The molecule has 1 aromatic heterocycles. The highest BCUT2D eigenvalue weighted by molar-refractivity contribution is 6.06. The van der Waals surface area contributed by atoms with Crippen molar-refractivity contribution < 1.29 is 14.3 Å². The minimum absolute atomic E-state index is 0.0902. The maximum Gasteiger partial charge on any atom is 0.189 e. The third-order valence-corrected chi connectivity index (χ3v) is 3.10. The van der Waals surface area contributed by atoms with Crippen molar-refractivity contribution >= 4 is 11.9 Å². The van der Waals surface area contributed by atoms with E-state index < -0.39 is 0 Å². The number of ketones is 1. The molecule has 0 aliphatic rings. The van der Waals surface area contributed by atoms with Gasteiger partial charge in [0.1, 0.15) is 11.5 Å². The maximum atomic E-state index is 12.1. The van der Waals surface area contributed by atoms with Gasteiger partial charge in [-0.15, -0.1) is 0 Å². The fourth-order valence-corrected chi connectivity index (χ4v) is 1.88. The van der Waals surface area contributed by atoms with Crippen LogP contribution in [0.4, 0.5) is 0 Å². The van der Waals surface area contributed by atoms with Crippen molar-refractivity contribution in [3.8, 4) is 11.5 Å². The molecule has 5 nitrogen and oxygen atoms in total. The van der Waals surface area contributed by atoms with E-state index in [2.05, 4.69) is 5.10 Å². The van der Waals surface area contributed by atoms with Crippen molar-refractivity contribution in [2.24, 2.45) is 0 Å². The number of carbonyl (C=O) groups is 1. The van der Waals surface area contributed by atoms with Crippen molar-refractivity contribution in [2.75, 3.05) is 14.2 Å². The number of rotatable bonds is 6. The first-order valence-electron chi connectivity index (χ1n) is 6.64. The number of aromatic nitrogens is 2. The molecule has 5 heteroatoms. The van der Waals surface area contributed by atoms with E-state index in [1.807, 2.05) is 19.1 Å². The largest absolute Gasteiger partial charge is 0.497 e. The van der Waals surface area contributed by atoms with Crippen LogP contribution in [0.2, 0.25) is 0 Å². The summed E-state index contributed by atoms with van der Waals surface area (Å²) in [4.78, 5) is 12.1. The van der Waals surface area contributed by atoms with Crippen molar-refractivity contribution in [1.82, 2.24) is 9.78 Å². The first kappa shape index (κ1) is 14.8. The highest BCUT2D eigenvalue weighted by atomic mass is 16.5. The van der Waals surface area contributed by atoms with Crippen molar-refractivity contribution in [3.63, 3.8) is 0 Å². The van der Waals surface area contributed by atoms with Gasteiger partial charge in [0, 0.05) is 24.4 Å². The molecule has 0 bridgehead atoms. The topological polar surface area (TPSA) is 53.4 Å². The first-order valence-corrected chi connectivity index (χ1v) is 6.64. The summed E-state index contributed by atoms with van der Waals surface area (Å²) in [7, 11) is 3.18. The van der Waals surface area contributed by atoms with Crippen molar-refractivity contribution in [3.05, 3.63) is 47.8 Å². The second-order valence-electron chi connectivity index (χ2n) is 4.39. The Bertz CT molecular complexity index is 659. The standard InChI is InChI=1S/C16H18N2O3/c1-4-18-11-13(10-17-18)15(19)8-6-12-5-7-14(20-2)9-16(12)21-3/h5-11H,4H2,1-3H3. The minimum Gasteiger partial charge on any atom is -0.497 e. The lowest BCUT2D eigenvalue weighted by Crippen LogP contribution is -1.95. The molecule has 0 spiro atoms. The molecule has 0 fully saturated rings. The Kier molecular flexibility index (Phi) is 4.77. The fraction of sp³-hybridized carbons (Fsp3) is 0.250. The molecule has 0 saturated heterocycles. The van der Waals surface area contributed by atoms with Gasteiger partial charge < -0.3 is 9.47 Å². The van der Waals surface area contributed by atoms with Crippen LogP contribution in [0.5, 0.6) is 11.5 Å². The summed E-state index contributed by atoms with van der Waals surface area (Å²) in [6.45, 7) is 2.71. The lowest BCUT2D eigenvalue weighted by Gasteiger charge is -2.07. The zero-order valence-electron chi connectivity index (χ0n) is 12.4. The van der Waals surface area contributed by atoms with Gasteiger partial charge in [-0.1, -0.05) is 0 Å². The third kappa shape index (κ3) is 3.51. The molecular weight excluding hydrogens is 268 g/mol. The summed E-state index contributed by atoms with van der Waals surface area (Å²) in [5, 5.41) is 4.09. The smallest absolute Gasteiger partial charge is 0.189 e. The van der Waals surface area contributed by atoms with Crippen LogP contribution in [-0.2, 0) is 6.54 Å². The first-order chi connectivity index (χ1) is 10.2. The molecule has 0 N–H and O–H groups in total. The molecule has 0 radical (unpaired) electrons. The lowest BCUT2D eigenvalue weighted by molar-refractivity contribution is 0.104. The van der Waals surface area contributed by atoms with E-state index in [0.29, 0.717) is 17.1 Å². The molecule has 21 heavy (non-hydrogen) atoms. The highest BCUT2D eigenvalue weighted by Gasteiger charge is 2.06. The Balaban J connectivity index is 2.18. The van der Waals surface area contributed by atoms with E-state index in [9.17, 15) is 4.79 Å². The van der Waals surface area contributed by atoms with Gasteiger partial charge in [-0.05, 0) is 31.2 Å². The van der Waals surface area contributed by atoms with E-state index in [4.69, 9.17) is 9.47 Å². The van der Waals surface area contributed by atoms with Crippen LogP contribution >= 0.6 is 0 Å². The molecule has 0 saturated carbocycles. The number of hydrogen-bond acceptors (Lipinski definition) is 4. The number of nitrogens with zero attached hydrogens (tertiary/aromatic N) is 2. The molecule has 2 rings (SSSR count). The van der Waals surface area contributed by atoms with Gasteiger partial charge in [-0.3, -0.25) is 9.48 Å². The molecule has 0 unspecified atom stereocenters. The molecule has 0 aliphatic carbocycles. The van der Waals surface area contributed by atoms with E-state index in [1.165, 1.54) is 6.08 Å². The predicted octanol–water partition coefficient (Wildman–Crippen LogP) is 2.82. The van der Waals surface area contributed by atoms with E-state index in [0.717, 1.165) is 12.1 Å². The zero-order valence-corrected chi connectivity index (χ0v) is 12.4. The van der Waals surface area contributed by atoms with Crippen LogP contribution in [0.25, 0.3) is 6.08 Å². The Morgan fingerprint density at radius 3 is 2.76 bits per heavy atom. The van der Waals surface area contributed by atoms with Gasteiger partial charge in [0.05, 0.1) is 26.0 Å². The average molecular weight is 286 g/mol. The number of carbonyl (C=O) groups excluding carboxylic acids is 1. The van der Waals surface area contributed by atoms with Crippen molar-refractivity contribution in [2.45, 2.75) is 13.5 Å². The van der Waals surface area contributed by atoms with Crippen LogP contribution in [0.1, 0.15) is 22.8 Å². The van der Waals surface area contributed by atoms with Gasteiger partial charge >= 0.3 is 0 Å². The Morgan fingerprint density at radius 2 is 2.14 bits per heavy atom. The molecule has 2 aromatic rings. The van der Waals surface area contributed by atoms with Crippen LogP contribution in [-0.4, -0.2) is 29.8 Å². The number of hydrogen-bond donors (Lipinski definition) is 0. The van der Waals surface area contributed by atoms with Crippen LogP contribution in [0.15, 0.2) is 36.7 Å². The number of aryl methyl sites for hydroxylation is 1. The number of methoxy groups -OCH3 is 2. The van der Waals surface area contributed by atoms with E-state index in [-0.39, 0.29) is 5.78 Å². The molecule has 0 aliphatic heterocycles. The third-order valence-electron chi connectivity index (χ3n) is 3.10. The minimum atomic E-state index is -0.0902. The van der Waals surface area contributed by atoms with E-state index in [1.54, 1.807) is 43.4 Å². The molecule has 0 atom stereocenters. The SMILES string of the molecule is CCn1cc(C(=O)C=Cc2ccc(OC)cc2OC)cn1. The fourth-order valence-electron chi connectivity index (χ4n) is 1.88. The summed E-state index contributed by atoms with van der Waals surface area (Å²) in [6, 6.07) is 5.44. The van der Waals surface area contributed by atoms with Gasteiger partial charge in [-0.2, -0.15) is 5.10 Å². The summed E-state index contributed by atoms with van der Waals surface area (Å²) < 4.78 is 12.1. The molecule has 1 aromatic carbocycles. The monoisotopic (exact) mass is 286 g/mol. The quantitative estimate of drug-likeness (QED) is 0.605. The summed E-state index contributed by atoms with van der Waals surface area (Å²) in [5.74, 6) is 1.27. The van der Waals surface area contributed by atoms with Gasteiger partial charge in [-0.25, -0.2) is 0 Å². The van der Waals surface area contributed by atoms with Gasteiger partial charge in [0.15, 0.2) is 5.78 Å². The van der Waals surface area contributed by atoms with Crippen LogP contribution in [0, 0.1) is 0 Å². The van der Waals surface area contributed by atoms with Crippen molar-refractivity contribution in [1.29, 1.82) is 0 Å². The summed E-state index contributed by atoms with van der Waals surface area (Å²) in [6.07, 6.45) is 6.55. The van der Waals surface area contributed by atoms with Crippen LogP contribution in [0.3, 0.4) is 0 Å². The molecule has 1 heterocycles. The second kappa shape index (κ2) is 6.74. The maximum absolute atomic E-state index is 12.1. The average Bonchev–Trinajstić information content (AvgIpc) is 3.01. The number of allylic oxidation sites excluding steroid dienone is 1. The van der Waals surface area contributed by atoms with Crippen LogP contribution < -0.4 is 9.47 Å². The highest BCUT2D eigenvalue weighted by Crippen LogP contribution is 2.25. The molecule has 110 valence electrons. The normalized spacial score (nSPS) is 10.8. The Hall–Kier alpha value is -2.56.